The van der Waals surface area contributed by atoms with E-state index in [-0.39, 0.29) is 35.1 Å². The molecule has 1 aliphatic carbocycles. The SMILES string of the molecule is O=C(O)c1ccc(CCC(=O)N(C2CC2)C2CCS(=O)(=O)C2)cc1. The molecule has 0 spiro atoms. The minimum Gasteiger partial charge on any atom is -0.478 e. The largest absolute Gasteiger partial charge is 0.478 e. The van der Waals surface area contributed by atoms with Gasteiger partial charge >= 0.3 is 5.97 Å². The van der Waals surface area contributed by atoms with Gasteiger partial charge in [0.15, 0.2) is 9.84 Å². The van der Waals surface area contributed by atoms with E-state index in [0.717, 1.165) is 18.4 Å². The van der Waals surface area contributed by atoms with Gasteiger partial charge in [-0.2, -0.15) is 0 Å². The molecule has 130 valence electrons. The maximum atomic E-state index is 12.6. The summed E-state index contributed by atoms with van der Waals surface area (Å²) in [5.74, 6) is -0.713. The minimum absolute atomic E-state index is 0.00177. The van der Waals surface area contributed by atoms with Crippen LogP contribution in [0.4, 0.5) is 0 Å². The molecule has 0 bridgehead atoms. The van der Waals surface area contributed by atoms with E-state index in [0.29, 0.717) is 19.3 Å². The normalized spacial score (nSPS) is 22.2. The van der Waals surface area contributed by atoms with Gasteiger partial charge in [0.25, 0.3) is 0 Å². The van der Waals surface area contributed by atoms with Crippen LogP contribution in [0.25, 0.3) is 0 Å². The highest BCUT2D eigenvalue weighted by molar-refractivity contribution is 7.91. The van der Waals surface area contributed by atoms with E-state index in [2.05, 4.69) is 0 Å². The Morgan fingerprint density at radius 1 is 1.08 bits per heavy atom. The van der Waals surface area contributed by atoms with Gasteiger partial charge in [0.1, 0.15) is 0 Å². The number of sulfone groups is 1. The second-order valence-corrected chi connectivity index (χ2v) is 8.82. The predicted octanol–water partition coefficient (Wildman–Crippen LogP) is 1.50. The molecule has 1 aliphatic heterocycles. The van der Waals surface area contributed by atoms with Crippen LogP contribution in [-0.2, 0) is 21.1 Å². The third-order valence-corrected chi connectivity index (χ3v) is 6.41. The topological polar surface area (TPSA) is 91.8 Å². The average Bonchev–Trinajstić information content (AvgIpc) is 3.29. The molecule has 1 atom stereocenters. The molecule has 1 heterocycles. The quantitative estimate of drug-likeness (QED) is 0.838. The van der Waals surface area contributed by atoms with Crippen LogP contribution < -0.4 is 0 Å². The van der Waals surface area contributed by atoms with Crippen LogP contribution in [0.5, 0.6) is 0 Å². The van der Waals surface area contributed by atoms with Gasteiger partial charge in [0.05, 0.1) is 17.1 Å². The number of amides is 1. The van der Waals surface area contributed by atoms with Crippen molar-refractivity contribution in [3.05, 3.63) is 35.4 Å². The van der Waals surface area contributed by atoms with E-state index >= 15 is 0 Å². The number of nitrogens with zero attached hydrogens (tertiary/aromatic N) is 1. The molecule has 1 aromatic carbocycles. The first-order chi connectivity index (χ1) is 11.4. The Hall–Kier alpha value is -1.89. The van der Waals surface area contributed by atoms with Crippen molar-refractivity contribution < 1.29 is 23.1 Å². The fraction of sp³-hybridized carbons (Fsp3) is 0.529. The maximum absolute atomic E-state index is 12.6. The van der Waals surface area contributed by atoms with E-state index < -0.39 is 15.8 Å². The molecule has 1 saturated carbocycles. The zero-order chi connectivity index (χ0) is 17.3. The summed E-state index contributed by atoms with van der Waals surface area (Å²) in [5, 5.41) is 8.89. The highest BCUT2D eigenvalue weighted by atomic mass is 32.2. The van der Waals surface area contributed by atoms with Gasteiger partial charge in [-0.1, -0.05) is 12.1 Å². The standard InChI is InChI=1S/C17H21NO5S/c19-16(8-3-12-1-4-13(5-2-12)17(20)21)18(14-6-7-14)15-9-10-24(22,23)11-15/h1-2,4-5,14-15H,3,6-11H2,(H,20,21). The molecule has 7 heteroatoms. The van der Waals surface area contributed by atoms with Crippen LogP contribution >= 0.6 is 0 Å². The Morgan fingerprint density at radius 3 is 2.25 bits per heavy atom. The first-order valence-corrected chi connectivity index (χ1v) is 10.0. The van der Waals surface area contributed by atoms with Gasteiger partial charge < -0.3 is 10.0 Å². The number of rotatable bonds is 6. The van der Waals surface area contributed by atoms with Crippen molar-refractivity contribution in [1.82, 2.24) is 4.90 Å². The maximum Gasteiger partial charge on any atom is 0.335 e. The summed E-state index contributed by atoms with van der Waals surface area (Å²) in [4.78, 5) is 25.2. The number of aromatic carboxylic acids is 1. The number of hydrogen-bond acceptors (Lipinski definition) is 4. The van der Waals surface area contributed by atoms with Crippen molar-refractivity contribution in [2.75, 3.05) is 11.5 Å². The van der Waals surface area contributed by atoms with Crippen LogP contribution in [-0.4, -0.2) is 53.9 Å². The molecular formula is C17H21NO5S. The molecule has 6 nitrogen and oxygen atoms in total. The molecule has 1 unspecified atom stereocenters. The Bertz CT molecular complexity index is 737. The number of carboxylic acid groups (broad SMARTS) is 1. The van der Waals surface area contributed by atoms with E-state index in [1.54, 1.807) is 17.0 Å². The molecule has 1 N–H and O–H groups in total. The summed E-state index contributed by atoms with van der Waals surface area (Å²) in [7, 11) is -3.01. The lowest BCUT2D eigenvalue weighted by Gasteiger charge is -2.28. The van der Waals surface area contributed by atoms with Crippen LogP contribution in [0.1, 0.15) is 41.6 Å². The Labute approximate surface area is 141 Å². The summed E-state index contributed by atoms with van der Waals surface area (Å²) in [6.45, 7) is 0. The zero-order valence-electron chi connectivity index (χ0n) is 13.3. The van der Waals surface area contributed by atoms with Crippen LogP contribution in [0.2, 0.25) is 0 Å². The molecule has 1 amide bonds. The van der Waals surface area contributed by atoms with Crippen LogP contribution in [0.15, 0.2) is 24.3 Å². The van der Waals surface area contributed by atoms with Crippen molar-refractivity contribution in [2.45, 2.75) is 44.2 Å². The Morgan fingerprint density at radius 2 is 1.75 bits per heavy atom. The smallest absolute Gasteiger partial charge is 0.335 e. The lowest BCUT2D eigenvalue weighted by Crippen LogP contribution is -2.42. The number of hydrogen-bond donors (Lipinski definition) is 1. The van der Waals surface area contributed by atoms with Crippen molar-refractivity contribution in [3.8, 4) is 0 Å². The minimum atomic E-state index is -3.01. The molecular weight excluding hydrogens is 330 g/mol. The second kappa shape index (κ2) is 6.55. The van der Waals surface area contributed by atoms with Gasteiger partial charge in [-0.3, -0.25) is 4.79 Å². The van der Waals surface area contributed by atoms with E-state index in [1.807, 2.05) is 0 Å². The summed E-state index contributed by atoms with van der Waals surface area (Å²) < 4.78 is 23.4. The highest BCUT2D eigenvalue weighted by Gasteiger charge is 2.41. The Kier molecular flexibility index (Phi) is 4.62. The average molecular weight is 351 g/mol. The zero-order valence-corrected chi connectivity index (χ0v) is 14.2. The summed E-state index contributed by atoms with van der Waals surface area (Å²) in [6.07, 6.45) is 3.30. The summed E-state index contributed by atoms with van der Waals surface area (Å²) in [5.41, 5.74) is 1.13. The van der Waals surface area contributed by atoms with Gasteiger partial charge in [0, 0.05) is 18.5 Å². The number of aryl methyl sites for hydroxylation is 1. The first-order valence-electron chi connectivity index (χ1n) is 8.19. The fourth-order valence-electron chi connectivity index (χ4n) is 3.25. The number of benzene rings is 1. The highest BCUT2D eigenvalue weighted by Crippen LogP contribution is 2.33. The van der Waals surface area contributed by atoms with Gasteiger partial charge in [-0.05, 0) is 43.4 Å². The molecule has 1 saturated heterocycles. The fourth-order valence-corrected chi connectivity index (χ4v) is 4.96. The molecule has 0 radical (unpaired) electrons. The molecule has 2 aliphatic rings. The third kappa shape index (κ3) is 3.95. The van der Waals surface area contributed by atoms with Crippen molar-refractivity contribution in [3.63, 3.8) is 0 Å². The summed E-state index contributed by atoms with van der Waals surface area (Å²) >= 11 is 0. The van der Waals surface area contributed by atoms with Crippen molar-refractivity contribution in [2.24, 2.45) is 0 Å². The first kappa shape index (κ1) is 17.0. The molecule has 0 aromatic heterocycles. The number of carboxylic acids is 1. The van der Waals surface area contributed by atoms with E-state index in [4.69, 9.17) is 5.11 Å². The van der Waals surface area contributed by atoms with Gasteiger partial charge in [-0.25, -0.2) is 13.2 Å². The van der Waals surface area contributed by atoms with Gasteiger partial charge in [-0.15, -0.1) is 0 Å². The van der Waals surface area contributed by atoms with Crippen molar-refractivity contribution in [1.29, 1.82) is 0 Å². The lowest BCUT2D eigenvalue weighted by atomic mass is 10.1. The van der Waals surface area contributed by atoms with E-state index in [1.165, 1.54) is 12.1 Å². The van der Waals surface area contributed by atoms with Gasteiger partial charge in [0.2, 0.25) is 5.91 Å². The number of carbonyl (C=O) groups is 2. The third-order valence-electron chi connectivity index (χ3n) is 4.66. The molecule has 2 fully saturated rings. The molecule has 24 heavy (non-hydrogen) atoms. The second-order valence-electron chi connectivity index (χ2n) is 6.59. The van der Waals surface area contributed by atoms with Crippen LogP contribution in [0.3, 0.4) is 0 Å². The number of carbonyl (C=O) groups excluding carboxylic acids is 1. The van der Waals surface area contributed by atoms with E-state index in [9.17, 15) is 18.0 Å². The monoisotopic (exact) mass is 351 g/mol. The van der Waals surface area contributed by atoms with Crippen molar-refractivity contribution >= 4 is 21.7 Å². The summed E-state index contributed by atoms with van der Waals surface area (Å²) in [6, 6.07) is 6.53. The molecule has 1 aromatic rings. The Balaban J connectivity index is 1.61. The molecule has 3 rings (SSSR count). The van der Waals surface area contributed by atoms with Crippen LogP contribution in [0, 0.1) is 0 Å². The predicted molar refractivity (Wildman–Crippen MR) is 88.6 cm³/mol. The lowest BCUT2D eigenvalue weighted by molar-refractivity contribution is -0.133.